The van der Waals surface area contributed by atoms with Gasteiger partial charge in [-0.05, 0) is 31.5 Å². The Labute approximate surface area is 140 Å². The molecule has 1 aliphatic heterocycles. The largest absolute Gasteiger partial charge is 0.454 e. The minimum absolute atomic E-state index is 0.0304. The van der Waals surface area contributed by atoms with Gasteiger partial charge in [0.2, 0.25) is 12.7 Å². The molecule has 0 fully saturated rings. The van der Waals surface area contributed by atoms with Crippen molar-refractivity contribution < 1.29 is 14.3 Å². The summed E-state index contributed by atoms with van der Waals surface area (Å²) in [6.45, 7) is 6.55. The summed E-state index contributed by atoms with van der Waals surface area (Å²) >= 11 is 6.70. The van der Waals surface area contributed by atoms with E-state index in [1.165, 1.54) is 11.8 Å². The van der Waals surface area contributed by atoms with E-state index in [9.17, 15) is 4.79 Å². The van der Waals surface area contributed by atoms with Gasteiger partial charge >= 0.3 is 0 Å². The summed E-state index contributed by atoms with van der Waals surface area (Å²) in [5, 5.41) is 2.89. The molecule has 0 atom stereocenters. The van der Waals surface area contributed by atoms with Crippen LogP contribution in [0.2, 0.25) is 0 Å². The molecule has 1 N–H and O–H groups in total. The van der Waals surface area contributed by atoms with E-state index in [2.05, 4.69) is 24.1 Å². The molecular weight excluding hydrogens is 320 g/mol. The van der Waals surface area contributed by atoms with Crippen molar-refractivity contribution in [3.8, 4) is 11.5 Å². The summed E-state index contributed by atoms with van der Waals surface area (Å²) in [6, 6.07) is 5.66. The lowest BCUT2D eigenvalue weighted by molar-refractivity contribution is -0.118. The fourth-order valence-corrected chi connectivity index (χ4v) is 3.24. The SMILES string of the molecule is CCN(CC)C(=S)SCC(=O)NCc1ccc2c(c1)OCO2. The van der Waals surface area contributed by atoms with E-state index in [-0.39, 0.29) is 12.7 Å². The second kappa shape index (κ2) is 8.24. The number of fused-ring (bicyclic) bond motifs is 1. The highest BCUT2D eigenvalue weighted by Gasteiger charge is 2.14. The van der Waals surface area contributed by atoms with Gasteiger partial charge in [0.1, 0.15) is 4.32 Å². The van der Waals surface area contributed by atoms with Crippen molar-refractivity contribution >= 4 is 34.2 Å². The Morgan fingerprint density at radius 3 is 2.77 bits per heavy atom. The third-order valence-electron chi connectivity index (χ3n) is 3.28. The quantitative estimate of drug-likeness (QED) is 0.803. The second-order valence-corrected chi connectivity index (χ2v) is 6.30. The van der Waals surface area contributed by atoms with Crippen molar-refractivity contribution in [2.75, 3.05) is 25.6 Å². The Bertz CT molecular complexity index is 548. The molecule has 0 saturated heterocycles. The van der Waals surface area contributed by atoms with Crippen molar-refractivity contribution in [3.63, 3.8) is 0 Å². The normalized spacial score (nSPS) is 12.1. The molecule has 22 heavy (non-hydrogen) atoms. The van der Waals surface area contributed by atoms with Crippen molar-refractivity contribution in [1.29, 1.82) is 0 Å². The average Bonchev–Trinajstić information content (AvgIpc) is 2.99. The number of thiocarbonyl (C=S) groups is 1. The molecule has 0 radical (unpaired) electrons. The van der Waals surface area contributed by atoms with E-state index in [1.807, 2.05) is 18.2 Å². The van der Waals surface area contributed by atoms with E-state index < -0.39 is 0 Å². The van der Waals surface area contributed by atoms with Crippen molar-refractivity contribution in [2.45, 2.75) is 20.4 Å². The number of rotatable bonds is 6. The highest BCUT2D eigenvalue weighted by Crippen LogP contribution is 2.32. The van der Waals surface area contributed by atoms with Crippen molar-refractivity contribution in [3.05, 3.63) is 23.8 Å². The Hall–Kier alpha value is -1.47. The van der Waals surface area contributed by atoms with Crippen LogP contribution in [0.1, 0.15) is 19.4 Å². The summed E-state index contributed by atoms with van der Waals surface area (Å²) in [5.41, 5.74) is 0.980. The van der Waals surface area contributed by atoms with Crippen LogP contribution < -0.4 is 14.8 Å². The minimum atomic E-state index is -0.0304. The predicted molar refractivity (Wildman–Crippen MR) is 92.4 cm³/mol. The first-order valence-electron chi connectivity index (χ1n) is 7.21. The van der Waals surface area contributed by atoms with E-state index in [4.69, 9.17) is 21.7 Å². The van der Waals surface area contributed by atoms with Gasteiger partial charge in [-0.2, -0.15) is 0 Å². The van der Waals surface area contributed by atoms with Gasteiger partial charge in [0.15, 0.2) is 11.5 Å². The zero-order chi connectivity index (χ0) is 15.9. The Kier molecular flexibility index (Phi) is 6.33. The van der Waals surface area contributed by atoms with Gasteiger partial charge in [0.25, 0.3) is 0 Å². The lowest BCUT2D eigenvalue weighted by atomic mass is 10.2. The monoisotopic (exact) mass is 340 g/mol. The van der Waals surface area contributed by atoms with Crippen LogP contribution in [0.4, 0.5) is 0 Å². The number of benzene rings is 1. The predicted octanol–water partition coefficient (Wildman–Crippen LogP) is 2.39. The van der Waals surface area contributed by atoms with Crippen LogP contribution in [0.3, 0.4) is 0 Å². The highest BCUT2D eigenvalue weighted by atomic mass is 32.2. The Morgan fingerprint density at radius 1 is 1.32 bits per heavy atom. The van der Waals surface area contributed by atoms with Crippen LogP contribution in [-0.2, 0) is 11.3 Å². The molecule has 0 bridgehead atoms. The first-order chi connectivity index (χ1) is 10.6. The van der Waals surface area contributed by atoms with Gasteiger partial charge in [-0.3, -0.25) is 4.79 Å². The van der Waals surface area contributed by atoms with Gasteiger partial charge in [0, 0.05) is 19.6 Å². The fraction of sp³-hybridized carbons (Fsp3) is 0.467. The standard InChI is InChI=1S/C15H20N2O3S2/c1-3-17(4-2)15(21)22-9-14(18)16-8-11-5-6-12-13(7-11)20-10-19-12/h5-7H,3-4,8-10H2,1-2H3,(H,16,18). The molecule has 1 aromatic carbocycles. The zero-order valence-electron chi connectivity index (χ0n) is 12.8. The molecule has 0 spiro atoms. The van der Waals surface area contributed by atoms with Crippen LogP contribution >= 0.6 is 24.0 Å². The van der Waals surface area contributed by atoms with E-state index in [0.29, 0.717) is 12.3 Å². The third-order valence-corrected chi connectivity index (χ3v) is 4.80. The number of amides is 1. The summed E-state index contributed by atoms with van der Waals surface area (Å²) in [6.07, 6.45) is 0. The second-order valence-electron chi connectivity index (χ2n) is 4.69. The molecule has 120 valence electrons. The van der Waals surface area contributed by atoms with E-state index in [1.54, 1.807) is 0 Å². The maximum atomic E-state index is 11.9. The third kappa shape index (κ3) is 4.51. The molecule has 2 rings (SSSR count). The maximum Gasteiger partial charge on any atom is 0.231 e. The van der Waals surface area contributed by atoms with E-state index >= 15 is 0 Å². The molecule has 7 heteroatoms. The molecule has 0 aromatic heterocycles. The maximum absolute atomic E-state index is 11.9. The van der Waals surface area contributed by atoms with Crippen molar-refractivity contribution in [1.82, 2.24) is 10.2 Å². The summed E-state index contributed by atoms with van der Waals surface area (Å²) in [7, 11) is 0. The van der Waals surface area contributed by atoms with Crippen LogP contribution in [0.5, 0.6) is 11.5 Å². The van der Waals surface area contributed by atoms with Gasteiger partial charge in [-0.1, -0.05) is 30.0 Å². The van der Waals surface area contributed by atoms with E-state index in [0.717, 1.165) is 34.5 Å². The average molecular weight is 340 g/mol. The van der Waals surface area contributed by atoms with Gasteiger partial charge < -0.3 is 19.7 Å². The highest BCUT2D eigenvalue weighted by molar-refractivity contribution is 8.23. The zero-order valence-corrected chi connectivity index (χ0v) is 14.4. The van der Waals surface area contributed by atoms with Crippen molar-refractivity contribution in [2.24, 2.45) is 0 Å². The molecule has 1 heterocycles. The lowest BCUT2D eigenvalue weighted by Crippen LogP contribution is -2.30. The number of nitrogens with zero attached hydrogens (tertiary/aromatic N) is 1. The number of carbonyl (C=O) groups excluding carboxylic acids is 1. The first-order valence-corrected chi connectivity index (χ1v) is 8.60. The molecule has 0 unspecified atom stereocenters. The number of ether oxygens (including phenoxy) is 2. The van der Waals surface area contributed by atoms with Gasteiger partial charge in [-0.25, -0.2) is 0 Å². The van der Waals surface area contributed by atoms with Crippen LogP contribution in [-0.4, -0.2) is 40.8 Å². The number of thioether (sulfide) groups is 1. The molecule has 1 amide bonds. The molecule has 1 aliphatic rings. The molecular formula is C15H20N2O3S2. The molecule has 0 aliphatic carbocycles. The molecule has 0 saturated carbocycles. The van der Waals surface area contributed by atoms with Crippen LogP contribution in [0.15, 0.2) is 18.2 Å². The summed E-state index contributed by atoms with van der Waals surface area (Å²) in [4.78, 5) is 13.9. The minimum Gasteiger partial charge on any atom is -0.454 e. The topological polar surface area (TPSA) is 50.8 Å². The van der Waals surface area contributed by atoms with Gasteiger partial charge in [0.05, 0.1) is 5.75 Å². The van der Waals surface area contributed by atoms with Crippen LogP contribution in [0, 0.1) is 0 Å². The smallest absolute Gasteiger partial charge is 0.231 e. The number of hydrogen-bond acceptors (Lipinski definition) is 5. The van der Waals surface area contributed by atoms with Crippen LogP contribution in [0.25, 0.3) is 0 Å². The number of hydrogen-bond donors (Lipinski definition) is 1. The summed E-state index contributed by atoms with van der Waals surface area (Å²) in [5.74, 6) is 1.77. The number of carbonyl (C=O) groups is 1. The number of nitrogens with one attached hydrogen (secondary N) is 1. The molecule has 1 aromatic rings. The Balaban J connectivity index is 1.75. The Morgan fingerprint density at radius 2 is 2.05 bits per heavy atom. The molecule has 5 nitrogen and oxygen atoms in total. The first kappa shape index (κ1) is 16.9. The fourth-order valence-electron chi connectivity index (χ4n) is 2.00. The van der Waals surface area contributed by atoms with Gasteiger partial charge in [-0.15, -0.1) is 0 Å². The lowest BCUT2D eigenvalue weighted by Gasteiger charge is -2.20. The summed E-state index contributed by atoms with van der Waals surface area (Å²) < 4.78 is 11.3.